The number of halogens is 4. The Morgan fingerprint density at radius 2 is 1.76 bits per heavy atom. The molecule has 0 N–H and O–H groups in total. The van der Waals surface area contributed by atoms with Crippen LogP contribution in [0.5, 0.6) is 23.0 Å². The molecular formula is C27H21ClF3NaO6. The maximum atomic E-state index is 12.6. The summed E-state index contributed by atoms with van der Waals surface area (Å²) in [6.07, 6.45) is -3.78. The first kappa shape index (κ1) is 29.8. The first-order valence-corrected chi connectivity index (χ1v) is 11.8. The van der Waals surface area contributed by atoms with Gasteiger partial charge >= 0.3 is 35.9 Å². The van der Waals surface area contributed by atoms with Gasteiger partial charge in [-0.3, -0.25) is 4.79 Å². The van der Waals surface area contributed by atoms with Crippen LogP contribution in [0.4, 0.5) is 13.2 Å². The van der Waals surface area contributed by atoms with Crippen molar-refractivity contribution in [2.45, 2.75) is 38.0 Å². The zero-order valence-electron chi connectivity index (χ0n) is 20.3. The second-order valence-electron chi connectivity index (χ2n) is 8.39. The number of alkyl halides is 3. The molecule has 0 aromatic heterocycles. The monoisotopic (exact) mass is 556 g/mol. The van der Waals surface area contributed by atoms with Crippen molar-refractivity contribution < 1.29 is 71.6 Å². The Balaban J connectivity index is 0.00000400. The number of benzene rings is 3. The van der Waals surface area contributed by atoms with Gasteiger partial charge in [0.25, 0.3) is 0 Å². The van der Waals surface area contributed by atoms with Gasteiger partial charge < -0.3 is 24.1 Å². The van der Waals surface area contributed by atoms with Gasteiger partial charge in [0.15, 0.2) is 5.78 Å². The Bertz CT molecular complexity index is 1300. The third-order valence-corrected chi connectivity index (χ3v) is 6.14. The predicted molar refractivity (Wildman–Crippen MR) is 126 cm³/mol. The van der Waals surface area contributed by atoms with Crippen LogP contribution >= 0.6 is 11.6 Å². The summed E-state index contributed by atoms with van der Waals surface area (Å²) in [5, 5.41) is 11.6. The van der Waals surface area contributed by atoms with E-state index in [9.17, 15) is 27.9 Å². The Morgan fingerprint density at radius 3 is 2.45 bits per heavy atom. The molecule has 6 nitrogen and oxygen atoms in total. The molecule has 0 fully saturated rings. The molecule has 1 atom stereocenters. The number of carbonyl (C=O) groups excluding carboxylic acids is 2. The average Bonchev–Trinajstić information content (AvgIpc) is 2.84. The Hall–Kier alpha value is -2.72. The summed E-state index contributed by atoms with van der Waals surface area (Å²) >= 11 is 6.30. The Kier molecular flexibility index (Phi) is 10.1. The van der Waals surface area contributed by atoms with Crippen molar-refractivity contribution in [3.8, 4) is 23.0 Å². The largest absolute Gasteiger partial charge is 1.00 e. The fourth-order valence-electron chi connectivity index (χ4n) is 4.07. The minimum absolute atomic E-state index is 0. The van der Waals surface area contributed by atoms with Crippen LogP contribution in [0.15, 0.2) is 60.7 Å². The van der Waals surface area contributed by atoms with Gasteiger partial charge in [0.05, 0.1) is 11.6 Å². The fraction of sp³-hybridized carbons (Fsp3) is 0.259. The average molecular weight is 557 g/mol. The summed E-state index contributed by atoms with van der Waals surface area (Å²) in [6, 6.07) is 15.2. The van der Waals surface area contributed by atoms with Gasteiger partial charge in [0, 0.05) is 35.5 Å². The summed E-state index contributed by atoms with van der Waals surface area (Å²) in [6.45, 7) is 0.227. The molecule has 0 bridgehead atoms. The molecule has 1 unspecified atom stereocenters. The SMILES string of the molecule is O=C(CCCc1ccccc1OC(F)(F)F)c1ccc(Oc2cc3c(cc2Cl)C(C(=O)[O-])CCO3)cc1.[Na+]. The van der Waals surface area contributed by atoms with Crippen LogP contribution in [0.3, 0.4) is 0 Å². The maximum Gasteiger partial charge on any atom is 1.00 e. The van der Waals surface area contributed by atoms with Crippen LogP contribution in [-0.2, 0) is 11.2 Å². The number of rotatable bonds is 9. The number of para-hydroxylation sites is 1. The summed E-state index contributed by atoms with van der Waals surface area (Å²) < 4.78 is 53.1. The molecular weight excluding hydrogens is 536 g/mol. The zero-order valence-corrected chi connectivity index (χ0v) is 23.1. The van der Waals surface area contributed by atoms with Crippen molar-refractivity contribution in [3.63, 3.8) is 0 Å². The molecule has 1 aliphatic heterocycles. The molecule has 194 valence electrons. The number of carboxylic acid groups (broad SMARTS) is 1. The predicted octanol–water partition coefficient (Wildman–Crippen LogP) is 2.86. The van der Waals surface area contributed by atoms with E-state index >= 15 is 0 Å². The number of hydrogen-bond donors (Lipinski definition) is 0. The first-order chi connectivity index (χ1) is 17.6. The van der Waals surface area contributed by atoms with Crippen LogP contribution in [-0.4, -0.2) is 24.7 Å². The number of Topliss-reactive ketones (excluding diaryl/α,β-unsaturated/α-hetero) is 1. The van der Waals surface area contributed by atoms with Gasteiger partial charge in [-0.1, -0.05) is 29.8 Å². The van der Waals surface area contributed by atoms with E-state index in [2.05, 4.69) is 4.74 Å². The van der Waals surface area contributed by atoms with E-state index in [1.54, 1.807) is 30.3 Å². The smallest absolute Gasteiger partial charge is 0.549 e. The molecule has 3 aromatic carbocycles. The fourth-order valence-corrected chi connectivity index (χ4v) is 4.28. The van der Waals surface area contributed by atoms with Crippen molar-refractivity contribution in [2.24, 2.45) is 0 Å². The van der Waals surface area contributed by atoms with Gasteiger partial charge in [-0.05, 0) is 61.2 Å². The minimum Gasteiger partial charge on any atom is -0.549 e. The van der Waals surface area contributed by atoms with Crippen LogP contribution in [0.2, 0.25) is 5.02 Å². The van der Waals surface area contributed by atoms with Crippen molar-refractivity contribution in [1.29, 1.82) is 0 Å². The molecule has 0 saturated carbocycles. The van der Waals surface area contributed by atoms with E-state index in [0.29, 0.717) is 34.6 Å². The number of fused-ring (bicyclic) bond motifs is 1. The molecule has 0 aliphatic carbocycles. The van der Waals surface area contributed by atoms with Crippen LogP contribution in [0.1, 0.15) is 46.7 Å². The third-order valence-electron chi connectivity index (χ3n) is 5.84. The number of aryl methyl sites for hydroxylation is 1. The Morgan fingerprint density at radius 1 is 1.05 bits per heavy atom. The number of carbonyl (C=O) groups is 2. The molecule has 0 radical (unpaired) electrons. The number of ether oxygens (including phenoxy) is 3. The summed E-state index contributed by atoms with van der Waals surface area (Å²) in [4.78, 5) is 24.0. The van der Waals surface area contributed by atoms with Gasteiger partial charge in [-0.15, -0.1) is 13.2 Å². The van der Waals surface area contributed by atoms with Crippen LogP contribution < -0.4 is 48.9 Å². The standard InChI is InChI=1S/C27H22ClF3O6.Na/c28-21-14-20-19(26(33)34)12-13-35-24(20)15-25(21)36-18-10-8-16(9-11-18)22(32)6-3-5-17-4-1-2-7-23(17)37-27(29,30)31;/h1-2,4,7-11,14-15,19H,3,5-6,12-13H2,(H,33,34);/q;+1/p-1. The van der Waals surface area contributed by atoms with E-state index in [4.69, 9.17) is 21.1 Å². The normalized spacial score (nSPS) is 14.5. The van der Waals surface area contributed by atoms with E-state index < -0.39 is 18.2 Å². The van der Waals surface area contributed by atoms with E-state index in [-0.39, 0.29) is 77.7 Å². The van der Waals surface area contributed by atoms with Gasteiger partial charge in [-0.25, -0.2) is 0 Å². The number of aliphatic carboxylic acids is 1. The number of ketones is 1. The second-order valence-corrected chi connectivity index (χ2v) is 8.80. The van der Waals surface area contributed by atoms with Gasteiger partial charge in [-0.2, -0.15) is 0 Å². The van der Waals surface area contributed by atoms with Crippen LogP contribution in [0.25, 0.3) is 0 Å². The number of carboxylic acids is 1. The molecule has 38 heavy (non-hydrogen) atoms. The minimum atomic E-state index is -4.79. The van der Waals surface area contributed by atoms with Crippen molar-refractivity contribution >= 4 is 23.4 Å². The van der Waals surface area contributed by atoms with Crippen molar-refractivity contribution in [1.82, 2.24) is 0 Å². The molecule has 0 saturated heterocycles. The molecule has 4 rings (SSSR count). The van der Waals surface area contributed by atoms with Gasteiger partial charge in [0.1, 0.15) is 23.0 Å². The van der Waals surface area contributed by atoms with Crippen molar-refractivity contribution in [2.75, 3.05) is 6.61 Å². The summed E-state index contributed by atoms with van der Waals surface area (Å²) in [5.74, 6) is -1.45. The third kappa shape index (κ3) is 7.66. The molecule has 1 heterocycles. The molecule has 0 spiro atoms. The van der Waals surface area contributed by atoms with Crippen LogP contribution in [0, 0.1) is 0 Å². The summed E-state index contributed by atoms with van der Waals surface area (Å²) in [5.41, 5.74) is 1.22. The van der Waals surface area contributed by atoms with Gasteiger partial charge in [0.2, 0.25) is 0 Å². The Labute approximate surface area is 243 Å². The number of hydrogen-bond acceptors (Lipinski definition) is 6. The second kappa shape index (κ2) is 12.9. The molecule has 0 amide bonds. The topological polar surface area (TPSA) is 84.9 Å². The quantitative estimate of drug-likeness (QED) is 0.298. The molecule has 11 heteroatoms. The zero-order chi connectivity index (χ0) is 26.6. The maximum absolute atomic E-state index is 12.6. The van der Waals surface area contributed by atoms with E-state index in [0.717, 1.165) is 0 Å². The molecule has 1 aliphatic rings. The first-order valence-electron chi connectivity index (χ1n) is 11.4. The molecule has 3 aromatic rings. The van der Waals surface area contributed by atoms with E-state index in [1.807, 2.05) is 0 Å². The van der Waals surface area contributed by atoms with E-state index in [1.165, 1.54) is 30.3 Å². The summed E-state index contributed by atoms with van der Waals surface area (Å²) in [7, 11) is 0. The van der Waals surface area contributed by atoms with Crippen molar-refractivity contribution in [3.05, 3.63) is 82.4 Å².